The number of amides is 2. The van der Waals surface area contributed by atoms with Gasteiger partial charge in [0, 0.05) is 33.9 Å². The molecule has 56 valence electrons. The fraction of sp³-hybridized carbons (Fsp3) is 0.500. The van der Waals surface area contributed by atoms with Gasteiger partial charge in [-0.15, -0.1) is 0 Å². The quantitative estimate of drug-likeness (QED) is 0.441. The molecule has 2 amide bonds. The first kappa shape index (κ1) is 12.5. The third-order valence-electron chi connectivity index (χ3n) is 0.858. The summed E-state index contributed by atoms with van der Waals surface area (Å²) < 4.78 is 7.83. The van der Waals surface area contributed by atoms with Gasteiger partial charge in [-0.2, -0.15) is 4.21 Å². The number of carbonyl (C=O) groups excluding carboxylic acids is 2. The number of hydrogen-bond donors (Lipinski definition) is 1. The maximum atomic E-state index is 10.1. The summed E-state index contributed by atoms with van der Waals surface area (Å²) in [6.07, 6.45) is 0.748. The SMILES string of the molecule is O=C1CCC(=O)N1.O=S.[Mo]. The van der Waals surface area contributed by atoms with Crippen LogP contribution in [0.4, 0.5) is 0 Å². The van der Waals surface area contributed by atoms with E-state index in [1.165, 1.54) is 0 Å². The molecule has 10 heavy (non-hydrogen) atoms. The number of rotatable bonds is 0. The Labute approximate surface area is 77.5 Å². The van der Waals surface area contributed by atoms with Crippen LogP contribution in [-0.2, 0) is 43.2 Å². The molecular formula is C4H5MoNO3S. The fourth-order valence-electron chi connectivity index (χ4n) is 0.508. The number of imide groups is 1. The average Bonchev–Trinajstić information content (AvgIpc) is 2.20. The van der Waals surface area contributed by atoms with Crippen LogP contribution >= 0.6 is 0 Å². The molecule has 0 aromatic carbocycles. The normalized spacial score (nSPS) is 14.4. The third-order valence-corrected chi connectivity index (χ3v) is 0.858. The monoisotopic (exact) mass is 245 g/mol. The molecule has 1 rings (SSSR count). The Morgan fingerprint density at radius 1 is 1.10 bits per heavy atom. The summed E-state index contributed by atoms with van der Waals surface area (Å²) >= 11 is 2.83. The van der Waals surface area contributed by atoms with E-state index in [9.17, 15) is 9.59 Å². The molecule has 0 bridgehead atoms. The minimum atomic E-state index is -0.148. The topological polar surface area (TPSA) is 63.2 Å². The Kier molecular flexibility index (Phi) is 8.71. The van der Waals surface area contributed by atoms with Crippen LogP contribution in [0.2, 0.25) is 0 Å². The van der Waals surface area contributed by atoms with Gasteiger partial charge in [-0.05, 0) is 0 Å². The van der Waals surface area contributed by atoms with E-state index in [1.54, 1.807) is 0 Å². The van der Waals surface area contributed by atoms with Crippen LogP contribution < -0.4 is 5.32 Å². The molecule has 0 atom stereocenters. The first-order chi connectivity index (χ1) is 4.29. The molecule has 0 radical (unpaired) electrons. The Morgan fingerprint density at radius 2 is 1.40 bits per heavy atom. The van der Waals surface area contributed by atoms with Crippen LogP contribution in [0.3, 0.4) is 0 Å². The zero-order valence-electron chi connectivity index (χ0n) is 4.96. The van der Waals surface area contributed by atoms with E-state index in [1.807, 2.05) is 0 Å². The first-order valence-corrected chi connectivity index (χ1v) is 2.62. The van der Waals surface area contributed by atoms with Gasteiger partial charge in [0.1, 0.15) is 0 Å². The Bertz CT molecular complexity index is 126. The molecule has 0 spiro atoms. The van der Waals surface area contributed by atoms with E-state index in [2.05, 4.69) is 17.9 Å². The molecule has 0 aromatic heterocycles. The zero-order chi connectivity index (χ0) is 7.28. The second-order valence-corrected chi connectivity index (χ2v) is 1.47. The van der Waals surface area contributed by atoms with E-state index in [4.69, 9.17) is 4.21 Å². The Hall–Kier alpha value is -0.152. The van der Waals surface area contributed by atoms with Crippen LogP contribution in [0.5, 0.6) is 0 Å². The van der Waals surface area contributed by atoms with E-state index < -0.39 is 0 Å². The van der Waals surface area contributed by atoms with Crippen LogP contribution in [0.25, 0.3) is 0 Å². The zero-order valence-corrected chi connectivity index (χ0v) is 7.78. The molecule has 4 nitrogen and oxygen atoms in total. The van der Waals surface area contributed by atoms with E-state index in [-0.39, 0.29) is 32.9 Å². The second kappa shape index (κ2) is 6.96. The molecule has 0 saturated carbocycles. The van der Waals surface area contributed by atoms with Crippen molar-refractivity contribution in [2.45, 2.75) is 12.8 Å². The maximum absolute atomic E-state index is 10.1. The molecule has 0 aromatic rings. The Morgan fingerprint density at radius 3 is 1.50 bits per heavy atom. The van der Waals surface area contributed by atoms with Crippen LogP contribution in [0, 0.1) is 0 Å². The van der Waals surface area contributed by atoms with Gasteiger partial charge >= 0.3 is 0 Å². The van der Waals surface area contributed by atoms with Gasteiger partial charge in [-0.3, -0.25) is 14.9 Å². The van der Waals surface area contributed by atoms with Gasteiger partial charge in [-0.25, -0.2) is 0 Å². The van der Waals surface area contributed by atoms with Gasteiger partial charge in [-0.1, -0.05) is 0 Å². The molecule has 1 aliphatic rings. The number of nitrogens with one attached hydrogen (secondary N) is 1. The summed E-state index contributed by atoms with van der Waals surface area (Å²) in [5.41, 5.74) is 0. The van der Waals surface area contributed by atoms with Gasteiger partial charge in [0.25, 0.3) is 0 Å². The largest absolute Gasteiger partial charge is 0.296 e. The van der Waals surface area contributed by atoms with Gasteiger partial charge in [0.05, 0.1) is 0 Å². The summed E-state index contributed by atoms with van der Waals surface area (Å²) in [6.45, 7) is 0. The average molecular weight is 243 g/mol. The van der Waals surface area contributed by atoms with Crippen molar-refractivity contribution in [2.75, 3.05) is 0 Å². The van der Waals surface area contributed by atoms with Crippen molar-refractivity contribution >= 4 is 24.3 Å². The summed E-state index contributed by atoms with van der Waals surface area (Å²) in [7, 11) is 0. The van der Waals surface area contributed by atoms with Gasteiger partial charge in [0.15, 0.2) is 12.5 Å². The number of carbonyl (C=O) groups is 2. The minimum absolute atomic E-state index is 0. The predicted molar refractivity (Wildman–Crippen MR) is 30.5 cm³/mol. The standard InChI is InChI=1S/C4H5NO2.Mo.OS/c6-3-1-2-4(7)5-3;;1-2/h1-2H2,(H,5,6,7);;. The van der Waals surface area contributed by atoms with Crippen molar-refractivity contribution in [3.63, 3.8) is 0 Å². The summed E-state index contributed by atoms with van der Waals surface area (Å²) in [5, 5.41) is 2.14. The first-order valence-electron chi connectivity index (χ1n) is 2.28. The van der Waals surface area contributed by atoms with Gasteiger partial charge < -0.3 is 0 Å². The Balaban J connectivity index is 0. The molecule has 0 unspecified atom stereocenters. The third kappa shape index (κ3) is 4.70. The predicted octanol–water partition coefficient (Wildman–Crippen LogP) is -0.916. The van der Waals surface area contributed by atoms with Crippen molar-refractivity contribution < 1.29 is 34.9 Å². The van der Waals surface area contributed by atoms with E-state index in [0.717, 1.165) is 0 Å². The molecule has 1 fully saturated rings. The van der Waals surface area contributed by atoms with Crippen molar-refractivity contribution in [1.82, 2.24) is 5.32 Å². The van der Waals surface area contributed by atoms with Crippen LogP contribution in [-0.4, -0.2) is 16.0 Å². The van der Waals surface area contributed by atoms with Crippen molar-refractivity contribution in [3.8, 4) is 0 Å². The van der Waals surface area contributed by atoms with Crippen molar-refractivity contribution in [3.05, 3.63) is 0 Å². The smallest absolute Gasteiger partial charge is 0.227 e. The summed E-state index contributed by atoms with van der Waals surface area (Å²) in [5.74, 6) is -0.296. The van der Waals surface area contributed by atoms with Crippen LogP contribution in [0.1, 0.15) is 12.8 Å². The molecule has 1 saturated heterocycles. The summed E-state index contributed by atoms with van der Waals surface area (Å²) in [6, 6.07) is 0. The fourth-order valence-corrected chi connectivity index (χ4v) is 0.508. The van der Waals surface area contributed by atoms with Crippen molar-refractivity contribution in [1.29, 1.82) is 0 Å². The molecule has 6 heteroatoms. The van der Waals surface area contributed by atoms with Crippen molar-refractivity contribution in [2.24, 2.45) is 0 Å². The minimum Gasteiger partial charge on any atom is -0.296 e. The summed E-state index contributed by atoms with van der Waals surface area (Å²) in [4.78, 5) is 20.2. The molecule has 1 N–H and O–H groups in total. The van der Waals surface area contributed by atoms with E-state index >= 15 is 0 Å². The van der Waals surface area contributed by atoms with Gasteiger partial charge in [0.2, 0.25) is 11.8 Å². The maximum Gasteiger partial charge on any atom is 0.227 e. The van der Waals surface area contributed by atoms with E-state index in [0.29, 0.717) is 12.8 Å². The molecular weight excluding hydrogens is 238 g/mol. The number of hydrogen-bond acceptors (Lipinski definition) is 4. The molecule has 1 aliphatic heterocycles. The molecule has 0 aliphatic carbocycles. The molecule has 1 heterocycles. The second-order valence-electron chi connectivity index (χ2n) is 1.47. The van der Waals surface area contributed by atoms with Crippen LogP contribution in [0.15, 0.2) is 0 Å².